The van der Waals surface area contributed by atoms with Gasteiger partial charge in [-0.15, -0.1) is 0 Å². The average molecular weight is 498 g/mol. The molecule has 1 aliphatic heterocycles. The molecule has 2 bridgehead atoms. The van der Waals surface area contributed by atoms with Crippen molar-refractivity contribution >= 4 is 11.7 Å². The molecule has 0 aromatic heterocycles. The minimum absolute atomic E-state index is 0.0642. The second kappa shape index (κ2) is 8.56. The van der Waals surface area contributed by atoms with Gasteiger partial charge in [0.15, 0.2) is 5.78 Å². The Morgan fingerprint density at radius 1 is 1.08 bits per heavy atom. The third-order valence-electron chi connectivity index (χ3n) is 11.1. The molecule has 4 N–H and O–H groups in total. The predicted molar refractivity (Wildman–Crippen MR) is 138 cm³/mol. The van der Waals surface area contributed by atoms with Crippen molar-refractivity contribution in [1.29, 1.82) is 0 Å². The molecule has 0 aromatic rings. The Bertz CT molecular complexity index is 1060. The van der Waals surface area contributed by atoms with Gasteiger partial charge in [0.25, 0.3) is 5.91 Å². The Morgan fingerprint density at radius 2 is 1.81 bits per heavy atom. The first-order valence-corrected chi connectivity index (χ1v) is 13.9. The maximum absolute atomic E-state index is 14.4. The molecule has 6 nitrogen and oxygen atoms in total. The molecule has 36 heavy (non-hydrogen) atoms. The first-order chi connectivity index (χ1) is 16.9. The molecule has 1 amide bonds. The summed E-state index contributed by atoms with van der Waals surface area (Å²) >= 11 is 0. The summed E-state index contributed by atoms with van der Waals surface area (Å²) in [5.41, 5.74) is -1.68. The topological polar surface area (TPSA) is 107 Å². The van der Waals surface area contributed by atoms with E-state index in [1.807, 2.05) is 19.9 Å². The molecule has 198 valence electrons. The van der Waals surface area contributed by atoms with Gasteiger partial charge in [-0.1, -0.05) is 64.3 Å². The molecule has 0 aromatic carbocycles. The van der Waals surface area contributed by atoms with Crippen molar-refractivity contribution in [2.75, 3.05) is 0 Å². The highest BCUT2D eigenvalue weighted by molar-refractivity contribution is 6.29. The predicted octanol–water partition coefficient (Wildman–Crippen LogP) is 4.38. The summed E-state index contributed by atoms with van der Waals surface area (Å²) in [5.74, 6) is -1.41. The lowest BCUT2D eigenvalue weighted by Crippen LogP contribution is -2.61. The molecule has 1 saturated carbocycles. The lowest BCUT2D eigenvalue weighted by atomic mass is 9.53. The van der Waals surface area contributed by atoms with Gasteiger partial charge in [0.05, 0.1) is 12.2 Å². The number of hydrogen-bond donors (Lipinski definition) is 4. The third-order valence-corrected chi connectivity index (χ3v) is 11.1. The van der Waals surface area contributed by atoms with Crippen LogP contribution < -0.4 is 5.32 Å². The van der Waals surface area contributed by atoms with E-state index in [-0.39, 0.29) is 46.7 Å². The fraction of sp³-hybridized carbons (Fsp3) is 0.733. The Labute approximate surface area is 214 Å². The number of amides is 1. The van der Waals surface area contributed by atoms with E-state index in [1.54, 1.807) is 0 Å². The van der Waals surface area contributed by atoms with Gasteiger partial charge in [-0.25, -0.2) is 0 Å². The number of rotatable bonds is 1. The van der Waals surface area contributed by atoms with Crippen LogP contribution in [0.2, 0.25) is 0 Å². The smallest absolute Gasteiger partial charge is 0.259 e. The molecule has 0 unspecified atom stereocenters. The lowest BCUT2D eigenvalue weighted by molar-refractivity contribution is -0.126. The number of carbonyl (C=O) groups is 2. The molecular weight excluding hydrogens is 454 g/mol. The zero-order valence-electron chi connectivity index (χ0n) is 22.4. The Kier molecular flexibility index (Phi) is 6.11. The van der Waals surface area contributed by atoms with Gasteiger partial charge in [-0.2, -0.15) is 0 Å². The Balaban J connectivity index is 1.76. The van der Waals surface area contributed by atoms with E-state index < -0.39 is 34.5 Å². The van der Waals surface area contributed by atoms with Crippen LogP contribution in [0, 0.1) is 40.4 Å². The first-order valence-electron chi connectivity index (χ1n) is 13.9. The van der Waals surface area contributed by atoms with Gasteiger partial charge < -0.3 is 20.6 Å². The van der Waals surface area contributed by atoms with Gasteiger partial charge in [0, 0.05) is 16.7 Å². The van der Waals surface area contributed by atoms with Crippen molar-refractivity contribution in [3.63, 3.8) is 0 Å². The van der Waals surface area contributed by atoms with Crippen LogP contribution >= 0.6 is 0 Å². The molecule has 5 aliphatic rings. The van der Waals surface area contributed by atoms with Gasteiger partial charge in [-0.05, 0) is 62.7 Å². The number of fused-ring (bicyclic) bond motifs is 4. The van der Waals surface area contributed by atoms with Gasteiger partial charge in [0.1, 0.15) is 16.9 Å². The molecular formula is C30H43NO5. The van der Waals surface area contributed by atoms with Crippen molar-refractivity contribution < 1.29 is 24.9 Å². The van der Waals surface area contributed by atoms with Crippen LogP contribution in [0.5, 0.6) is 0 Å². The van der Waals surface area contributed by atoms with Gasteiger partial charge >= 0.3 is 0 Å². The number of hydrogen-bond acceptors (Lipinski definition) is 5. The zero-order valence-corrected chi connectivity index (χ0v) is 22.4. The number of allylic oxidation sites excluding steroid dienone is 3. The molecule has 1 heterocycles. The largest absolute Gasteiger partial charge is 0.511 e. The van der Waals surface area contributed by atoms with E-state index in [1.165, 1.54) is 5.57 Å². The second-order valence-corrected chi connectivity index (χ2v) is 13.0. The zero-order chi connectivity index (χ0) is 26.2. The summed E-state index contributed by atoms with van der Waals surface area (Å²) < 4.78 is 0. The van der Waals surface area contributed by atoms with Crippen LogP contribution in [0.1, 0.15) is 79.6 Å². The highest BCUT2D eigenvalue weighted by Crippen LogP contribution is 2.59. The fourth-order valence-corrected chi connectivity index (χ4v) is 8.64. The summed E-state index contributed by atoms with van der Waals surface area (Å²) in [6.07, 6.45) is 9.66. The quantitative estimate of drug-likeness (QED) is 0.318. The summed E-state index contributed by atoms with van der Waals surface area (Å²) in [6.45, 7) is 10.2. The molecule has 10 atom stereocenters. The molecule has 6 heteroatoms. The van der Waals surface area contributed by atoms with Crippen LogP contribution in [-0.2, 0) is 9.59 Å². The number of nitrogens with one attached hydrogen (secondary N) is 1. The van der Waals surface area contributed by atoms with E-state index in [0.29, 0.717) is 25.7 Å². The lowest BCUT2D eigenvalue weighted by Gasteiger charge is -2.52. The number of ketones is 1. The maximum Gasteiger partial charge on any atom is 0.259 e. The van der Waals surface area contributed by atoms with Crippen molar-refractivity contribution in [1.82, 2.24) is 5.32 Å². The van der Waals surface area contributed by atoms with Crippen molar-refractivity contribution in [2.45, 2.75) is 97.3 Å². The van der Waals surface area contributed by atoms with Crippen LogP contribution in [0.4, 0.5) is 0 Å². The van der Waals surface area contributed by atoms with E-state index in [0.717, 1.165) is 19.3 Å². The van der Waals surface area contributed by atoms with Crippen LogP contribution in [-0.4, -0.2) is 44.8 Å². The third kappa shape index (κ3) is 3.36. The fourth-order valence-electron chi connectivity index (χ4n) is 8.64. The first kappa shape index (κ1) is 25.7. The molecule has 4 aliphatic carbocycles. The standard InChI is InChI=1S/C30H43NO5/c1-6-18-15-28(4)13-16(2)17(3)14-30(28)26(35)24(27(36)31-30)25(34)29(5)19(12-23(18)33)10-11-20-21(29)8-7-9-22(20)32/h10-11,13,17-23,32-34H,6-9,12,14-15H2,1-5H3,(H,31,36)/b25-24+/t17-,18-,19+,20+,21-,22+,23-,28+,29-,30-/m1/s1. The summed E-state index contributed by atoms with van der Waals surface area (Å²) in [6, 6.07) is 0. The summed E-state index contributed by atoms with van der Waals surface area (Å²) in [4.78, 5) is 28.1. The number of aliphatic hydroxyl groups is 3. The van der Waals surface area contributed by atoms with E-state index >= 15 is 0 Å². The van der Waals surface area contributed by atoms with Crippen molar-refractivity contribution in [3.05, 3.63) is 35.1 Å². The maximum atomic E-state index is 14.4. The van der Waals surface area contributed by atoms with E-state index in [4.69, 9.17) is 0 Å². The van der Waals surface area contributed by atoms with Crippen molar-refractivity contribution in [2.24, 2.45) is 40.4 Å². The summed E-state index contributed by atoms with van der Waals surface area (Å²) in [5, 5.41) is 37.6. The molecule has 1 saturated heterocycles. The van der Waals surface area contributed by atoms with E-state index in [2.05, 4.69) is 38.2 Å². The second-order valence-electron chi connectivity index (χ2n) is 13.0. The van der Waals surface area contributed by atoms with Crippen LogP contribution in [0.15, 0.2) is 35.1 Å². The average Bonchev–Trinajstić information content (AvgIpc) is 3.07. The number of carbonyl (C=O) groups excluding carboxylic acids is 2. The molecule has 2 fully saturated rings. The normalized spacial score (nSPS) is 50.9. The minimum atomic E-state index is -1.15. The minimum Gasteiger partial charge on any atom is -0.511 e. The van der Waals surface area contributed by atoms with Crippen LogP contribution in [0.25, 0.3) is 0 Å². The Morgan fingerprint density at radius 3 is 2.50 bits per heavy atom. The monoisotopic (exact) mass is 497 g/mol. The van der Waals surface area contributed by atoms with Crippen molar-refractivity contribution in [3.8, 4) is 0 Å². The van der Waals surface area contributed by atoms with Crippen LogP contribution in [0.3, 0.4) is 0 Å². The number of Topliss-reactive ketones (excluding diaryl/α,β-unsaturated/α-hetero) is 1. The molecule has 1 spiro atoms. The molecule has 5 rings (SSSR count). The molecule has 0 radical (unpaired) electrons. The highest BCUT2D eigenvalue weighted by Gasteiger charge is 2.64. The van der Waals surface area contributed by atoms with E-state index in [9.17, 15) is 24.9 Å². The van der Waals surface area contributed by atoms with Gasteiger partial charge in [0.2, 0.25) is 0 Å². The highest BCUT2D eigenvalue weighted by atomic mass is 16.3. The summed E-state index contributed by atoms with van der Waals surface area (Å²) in [7, 11) is 0. The Hall–Kier alpha value is -1.92. The number of aliphatic hydroxyl groups excluding tert-OH is 3. The SMILES string of the molecule is CC[C@@H]1C[C@]2(C)C=C(C)[C@H](C)C[C@]23NC(=O)/C(=C(/O)[C@@]2(C)[C@@H]4CCC[C@H](O)[C@H]4C=C[C@H]2C[C@H]1O)C3=O. The van der Waals surface area contributed by atoms with Gasteiger partial charge in [-0.3, -0.25) is 9.59 Å².